The van der Waals surface area contributed by atoms with E-state index in [9.17, 15) is 4.79 Å². The van der Waals surface area contributed by atoms with Gasteiger partial charge >= 0.3 is 0 Å². The molecule has 0 saturated heterocycles. The molecule has 0 spiro atoms. The number of nitrogens with zero attached hydrogens (tertiary/aromatic N) is 2. The van der Waals surface area contributed by atoms with Gasteiger partial charge in [-0.05, 0) is 24.6 Å². The van der Waals surface area contributed by atoms with Gasteiger partial charge in [0.25, 0.3) is 11.9 Å². The molecule has 34 heavy (non-hydrogen) atoms. The van der Waals surface area contributed by atoms with Crippen LogP contribution in [-0.2, 0) is 0 Å². The quantitative estimate of drug-likeness (QED) is 0.369. The molecule has 0 aliphatic heterocycles. The highest BCUT2D eigenvalue weighted by molar-refractivity contribution is 6.88. The third kappa shape index (κ3) is 5.32. The van der Waals surface area contributed by atoms with Crippen LogP contribution in [0, 0.1) is 6.92 Å². The summed E-state index contributed by atoms with van der Waals surface area (Å²) in [5, 5.41) is 13.2. The summed E-state index contributed by atoms with van der Waals surface area (Å²) in [6, 6.07) is 7.07. The summed E-state index contributed by atoms with van der Waals surface area (Å²) in [5.41, 5.74) is 7.41. The van der Waals surface area contributed by atoms with Crippen LogP contribution in [0.5, 0.6) is 23.5 Å². The Morgan fingerprint density at radius 1 is 1.15 bits per heavy atom. The maximum Gasteiger partial charge on any atom is 0.290 e. The molecule has 0 fully saturated rings. The number of hydrogen-bond donors (Lipinski definition) is 3. The average molecular weight is 487 g/mol. The lowest BCUT2D eigenvalue weighted by Gasteiger charge is -2.22. The van der Waals surface area contributed by atoms with Gasteiger partial charge < -0.3 is 34.8 Å². The van der Waals surface area contributed by atoms with Crippen LogP contribution >= 0.6 is 0 Å². The molecule has 3 rings (SSSR count). The Morgan fingerprint density at radius 3 is 2.29 bits per heavy atom. The zero-order valence-corrected chi connectivity index (χ0v) is 21.2. The Labute approximate surface area is 199 Å². The number of carbonyl (C=O) groups excluding carboxylic acids is 1. The van der Waals surface area contributed by atoms with E-state index in [2.05, 4.69) is 41.0 Å². The van der Waals surface area contributed by atoms with Crippen molar-refractivity contribution in [2.24, 2.45) is 5.73 Å². The monoisotopic (exact) mass is 486 g/mol. The second-order valence-electron chi connectivity index (χ2n) is 8.57. The largest absolute Gasteiger partial charge is 0.480 e. The minimum Gasteiger partial charge on any atom is -0.480 e. The average Bonchev–Trinajstić information content (AvgIpc) is 3.26. The molecule has 0 radical (unpaired) electrons. The molecular weight excluding hydrogens is 456 g/mol. The van der Waals surface area contributed by atoms with E-state index in [0.717, 1.165) is 16.3 Å². The molecule has 182 valence electrons. The van der Waals surface area contributed by atoms with Gasteiger partial charge in [0, 0.05) is 18.2 Å². The van der Waals surface area contributed by atoms with E-state index < -0.39 is 14.0 Å². The van der Waals surface area contributed by atoms with Gasteiger partial charge in [0.05, 0.1) is 28.9 Å². The van der Waals surface area contributed by atoms with E-state index in [-0.39, 0.29) is 30.8 Å². The fourth-order valence-electron chi connectivity index (χ4n) is 3.30. The Hall–Kier alpha value is -3.57. The highest BCUT2D eigenvalue weighted by Crippen LogP contribution is 2.41. The van der Waals surface area contributed by atoms with Gasteiger partial charge in [-0.3, -0.25) is 4.79 Å². The fraction of sp³-hybridized carbons (Fsp3) is 0.348. The standard InChI is InChI=1S/C23H30N4O6Si/c1-13-15(19-21(30-2)26-23(25-9-10-28)27-22(19)31-3)11-14(34(4,5)6)12-17(13)33-18-8-7-16(32-18)20(24)29/h7-8,11-12,28H,9-10H2,1-6H3,(H2,24,29)(H,25,26,27). The SMILES string of the molecule is COc1nc(NCCO)nc(OC)c1-c1cc([Si](C)(C)C)cc(Oc2ccc(C(N)=O)o2)c1C. The predicted octanol–water partition coefficient (Wildman–Crippen LogP) is 2.90. The number of methoxy groups -OCH3 is 2. The number of hydrogen-bond acceptors (Lipinski definition) is 9. The molecule has 1 amide bonds. The van der Waals surface area contributed by atoms with E-state index in [1.54, 1.807) is 6.07 Å². The summed E-state index contributed by atoms with van der Waals surface area (Å²) in [4.78, 5) is 20.3. The summed E-state index contributed by atoms with van der Waals surface area (Å²) in [6.07, 6.45) is 0. The third-order valence-corrected chi connectivity index (χ3v) is 7.18. The number of anilines is 1. The van der Waals surface area contributed by atoms with Crippen molar-refractivity contribution in [2.45, 2.75) is 26.6 Å². The van der Waals surface area contributed by atoms with E-state index in [0.29, 0.717) is 23.1 Å². The van der Waals surface area contributed by atoms with Crippen molar-refractivity contribution >= 4 is 25.1 Å². The second-order valence-corrected chi connectivity index (χ2v) is 13.7. The summed E-state index contributed by atoms with van der Waals surface area (Å²) in [5.74, 6) is 0.922. The first-order valence-electron chi connectivity index (χ1n) is 10.7. The first-order chi connectivity index (χ1) is 16.1. The van der Waals surface area contributed by atoms with Crippen molar-refractivity contribution in [3.8, 4) is 34.6 Å². The lowest BCUT2D eigenvalue weighted by atomic mass is 10.0. The molecule has 4 N–H and O–H groups in total. The Kier molecular flexibility index (Phi) is 7.47. The lowest BCUT2D eigenvalue weighted by Crippen LogP contribution is -2.37. The molecule has 0 bridgehead atoms. The minimum absolute atomic E-state index is 0.0111. The lowest BCUT2D eigenvalue weighted by molar-refractivity contribution is 0.0969. The van der Waals surface area contributed by atoms with E-state index in [4.69, 9.17) is 29.5 Å². The zero-order chi connectivity index (χ0) is 25.0. The van der Waals surface area contributed by atoms with Crippen molar-refractivity contribution < 1.29 is 28.5 Å². The highest BCUT2D eigenvalue weighted by Gasteiger charge is 2.26. The number of ether oxygens (including phenoxy) is 3. The van der Waals surface area contributed by atoms with E-state index >= 15 is 0 Å². The number of aliphatic hydroxyl groups is 1. The van der Waals surface area contributed by atoms with Crippen LogP contribution in [0.4, 0.5) is 5.95 Å². The Bertz CT molecular complexity index is 1160. The van der Waals surface area contributed by atoms with Crippen molar-refractivity contribution in [1.82, 2.24) is 9.97 Å². The maximum atomic E-state index is 11.4. The van der Waals surface area contributed by atoms with Crippen molar-refractivity contribution in [2.75, 3.05) is 32.7 Å². The molecule has 0 unspecified atom stereocenters. The zero-order valence-electron chi connectivity index (χ0n) is 20.2. The molecule has 3 aromatic rings. The van der Waals surface area contributed by atoms with E-state index in [1.807, 2.05) is 13.0 Å². The number of furan rings is 1. The van der Waals surface area contributed by atoms with Gasteiger partial charge in [-0.25, -0.2) is 0 Å². The van der Waals surface area contributed by atoms with Gasteiger partial charge in [-0.1, -0.05) is 30.9 Å². The minimum atomic E-state index is -1.81. The number of aromatic nitrogens is 2. The fourth-order valence-corrected chi connectivity index (χ4v) is 4.44. The van der Waals surface area contributed by atoms with Gasteiger partial charge in [0.1, 0.15) is 11.3 Å². The summed E-state index contributed by atoms with van der Waals surface area (Å²) in [7, 11) is 1.22. The first-order valence-corrected chi connectivity index (χ1v) is 14.2. The normalized spacial score (nSPS) is 11.3. The van der Waals surface area contributed by atoms with Gasteiger partial charge in [-0.15, -0.1) is 0 Å². The van der Waals surface area contributed by atoms with Gasteiger partial charge in [-0.2, -0.15) is 9.97 Å². The summed E-state index contributed by atoms with van der Waals surface area (Å²) < 4.78 is 22.7. The summed E-state index contributed by atoms with van der Waals surface area (Å²) in [6.45, 7) is 8.76. The molecule has 10 nitrogen and oxygen atoms in total. The van der Waals surface area contributed by atoms with Crippen molar-refractivity contribution in [1.29, 1.82) is 0 Å². The highest BCUT2D eigenvalue weighted by atomic mass is 28.3. The van der Waals surface area contributed by atoms with Gasteiger partial charge in [0.2, 0.25) is 17.7 Å². The van der Waals surface area contributed by atoms with Crippen LogP contribution in [0.15, 0.2) is 28.7 Å². The molecule has 0 saturated carbocycles. The number of amides is 1. The molecule has 1 aromatic carbocycles. The molecule has 2 aromatic heterocycles. The number of nitrogens with one attached hydrogen (secondary N) is 1. The van der Waals surface area contributed by atoms with Crippen molar-refractivity contribution in [3.05, 3.63) is 35.6 Å². The topological polar surface area (TPSA) is 142 Å². The summed E-state index contributed by atoms with van der Waals surface area (Å²) >= 11 is 0. The van der Waals surface area contributed by atoms with Crippen LogP contribution in [0.2, 0.25) is 19.6 Å². The Balaban J connectivity index is 2.21. The van der Waals surface area contributed by atoms with Crippen molar-refractivity contribution in [3.63, 3.8) is 0 Å². The molecule has 11 heteroatoms. The van der Waals surface area contributed by atoms with Crippen LogP contribution in [-0.4, -0.2) is 56.4 Å². The first kappa shape index (κ1) is 25.1. The van der Waals surface area contributed by atoms with Gasteiger partial charge in [0.15, 0.2) is 5.76 Å². The number of nitrogens with two attached hydrogens (primary N) is 1. The van der Waals surface area contributed by atoms with Crippen LogP contribution in [0.25, 0.3) is 11.1 Å². The smallest absolute Gasteiger partial charge is 0.290 e. The molecule has 0 aliphatic carbocycles. The molecule has 0 aliphatic rings. The molecule has 0 atom stereocenters. The second kappa shape index (κ2) is 10.1. The van der Waals surface area contributed by atoms with E-state index in [1.165, 1.54) is 20.3 Å². The van der Waals surface area contributed by atoms with Crippen LogP contribution in [0.1, 0.15) is 16.1 Å². The number of aliphatic hydroxyl groups excluding tert-OH is 1. The molecular formula is C23H30N4O6Si. The number of rotatable bonds is 10. The predicted molar refractivity (Wildman–Crippen MR) is 131 cm³/mol. The maximum absolute atomic E-state index is 11.4. The number of carbonyl (C=O) groups is 1. The number of benzene rings is 1. The Morgan fingerprint density at radius 2 is 1.79 bits per heavy atom. The third-order valence-electron chi connectivity index (χ3n) is 5.15. The molecule has 2 heterocycles. The number of primary amides is 1. The van der Waals surface area contributed by atoms with Crippen LogP contribution in [0.3, 0.4) is 0 Å². The van der Waals surface area contributed by atoms with Crippen LogP contribution < -0.4 is 30.4 Å².